The number of allylic oxidation sites excluding steroid dienone is 2. The van der Waals surface area contributed by atoms with E-state index < -0.39 is 23.9 Å². The molecule has 1 unspecified atom stereocenters. The number of alkyl halides is 3. The fraction of sp³-hybridized carbons (Fsp3) is 0.500. The maximum Gasteiger partial charge on any atom is 0.416 e. The summed E-state index contributed by atoms with van der Waals surface area (Å²) in [6, 6.07) is 0. The monoisotopic (exact) mass is 289 g/mol. The second-order valence-corrected chi connectivity index (χ2v) is 3.47. The number of hydrogen-bond donors (Lipinski definition) is 1. The lowest BCUT2D eigenvalue weighted by molar-refractivity contribution is -0.0907. The third-order valence-corrected chi connectivity index (χ3v) is 2.31. The molecular weight excluding hydrogens is 271 g/mol. The van der Waals surface area contributed by atoms with E-state index in [1.807, 2.05) is 13.8 Å². The molecule has 1 aliphatic rings. The largest absolute Gasteiger partial charge is 0.439 e. The van der Waals surface area contributed by atoms with Gasteiger partial charge in [0.1, 0.15) is 6.10 Å². The van der Waals surface area contributed by atoms with E-state index >= 15 is 0 Å². The minimum Gasteiger partial charge on any atom is -0.439 e. The Labute approximate surface area is 116 Å². The lowest BCUT2D eigenvalue weighted by Gasteiger charge is -2.18. The van der Waals surface area contributed by atoms with Gasteiger partial charge in [0.05, 0.1) is 12.1 Å². The van der Waals surface area contributed by atoms with Gasteiger partial charge in [0, 0.05) is 5.57 Å². The molecule has 6 heteroatoms. The molecular formula is C14H18F3NO2. The van der Waals surface area contributed by atoms with Crippen LogP contribution in [-0.2, 0) is 4.74 Å². The van der Waals surface area contributed by atoms with Gasteiger partial charge in [0.2, 0.25) is 0 Å². The molecule has 112 valence electrons. The van der Waals surface area contributed by atoms with Crippen LogP contribution in [0.2, 0.25) is 0 Å². The Hall–Kier alpha value is -1.90. The predicted molar refractivity (Wildman–Crippen MR) is 71.0 cm³/mol. The molecule has 1 rings (SSSR count). The second-order valence-electron chi connectivity index (χ2n) is 3.47. The number of hydrogen-bond acceptors (Lipinski definition) is 2. The molecule has 1 heterocycles. The molecule has 0 radical (unpaired) electrons. The zero-order chi connectivity index (χ0) is 15.8. The van der Waals surface area contributed by atoms with Crippen LogP contribution in [0.4, 0.5) is 18.0 Å². The van der Waals surface area contributed by atoms with Crippen LogP contribution in [0.3, 0.4) is 0 Å². The summed E-state index contributed by atoms with van der Waals surface area (Å²) in [4.78, 5) is 10.9. The van der Waals surface area contributed by atoms with Gasteiger partial charge in [-0.05, 0) is 19.9 Å². The summed E-state index contributed by atoms with van der Waals surface area (Å²) in [5.74, 6) is 4.94. The van der Waals surface area contributed by atoms with E-state index in [-0.39, 0.29) is 12.1 Å². The van der Waals surface area contributed by atoms with Gasteiger partial charge in [-0.15, -0.1) is 5.92 Å². The van der Waals surface area contributed by atoms with Crippen molar-refractivity contribution in [2.24, 2.45) is 0 Å². The molecule has 1 amide bonds. The third-order valence-electron chi connectivity index (χ3n) is 2.31. The van der Waals surface area contributed by atoms with Crippen molar-refractivity contribution < 1.29 is 22.7 Å². The Morgan fingerprint density at radius 2 is 2.05 bits per heavy atom. The second kappa shape index (κ2) is 8.31. The molecule has 0 aromatic carbocycles. The van der Waals surface area contributed by atoms with Crippen LogP contribution in [0.5, 0.6) is 0 Å². The molecule has 0 saturated carbocycles. The number of alkyl carbamates (subject to hydrolysis) is 1. The molecule has 0 spiro atoms. The highest BCUT2D eigenvalue weighted by molar-refractivity contribution is 5.70. The average Bonchev–Trinajstić information content (AvgIpc) is 2.81. The Kier molecular flexibility index (Phi) is 7.52. The Morgan fingerprint density at radius 3 is 2.40 bits per heavy atom. The van der Waals surface area contributed by atoms with Crippen LogP contribution in [0.25, 0.3) is 0 Å². The van der Waals surface area contributed by atoms with E-state index in [4.69, 9.17) is 4.74 Å². The van der Waals surface area contributed by atoms with E-state index in [9.17, 15) is 18.0 Å². The van der Waals surface area contributed by atoms with Gasteiger partial charge in [-0.2, -0.15) is 13.2 Å². The number of carbonyl (C=O) groups is 1. The van der Waals surface area contributed by atoms with Crippen molar-refractivity contribution in [1.29, 1.82) is 0 Å². The molecule has 0 bridgehead atoms. The highest BCUT2D eigenvalue weighted by Crippen LogP contribution is 2.34. The normalized spacial score (nSPS) is 19.1. The van der Waals surface area contributed by atoms with E-state index in [2.05, 4.69) is 17.2 Å². The number of cyclic esters (lactones) is 1. The number of ether oxygens (including phenoxy) is 1. The first kappa shape index (κ1) is 18.1. The van der Waals surface area contributed by atoms with E-state index in [1.165, 1.54) is 13.8 Å². The van der Waals surface area contributed by atoms with E-state index in [1.54, 1.807) is 0 Å². The number of nitrogens with one attached hydrogen (secondary N) is 1. The molecule has 3 nitrogen and oxygen atoms in total. The Bertz CT molecular complexity index is 453. The molecule has 0 aromatic rings. The fourth-order valence-corrected chi connectivity index (χ4v) is 1.55. The lowest BCUT2D eigenvalue weighted by atomic mass is 9.99. The quantitative estimate of drug-likeness (QED) is 0.623. The van der Waals surface area contributed by atoms with Crippen molar-refractivity contribution in [2.75, 3.05) is 6.54 Å². The van der Waals surface area contributed by atoms with Crippen molar-refractivity contribution >= 4 is 6.09 Å². The van der Waals surface area contributed by atoms with Crippen LogP contribution < -0.4 is 5.32 Å². The Morgan fingerprint density at radius 1 is 1.45 bits per heavy atom. The zero-order valence-electron chi connectivity index (χ0n) is 11.9. The van der Waals surface area contributed by atoms with Gasteiger partial charge in [-0.1, -0.05) is 25.8 Å². The summed E-state index contributed by atoms with van der Waals surface area (Å²) < 4.78 is 43.3. The first-order valence-electron chi connectivity index (χ1n) is 6.20. The van der Waals surface area contributed by atoms with Crippen molar-refractivity contribution in [3.8, 4) is 11.8 Å². The van der Waals surface area contributed by atoms with Crippen molar-refractivity contribution in [3.63, 3.8) is 0 Å². The minimum absolute atomic E-state index is 0.00345. The zero-order valence-corrected chi connectivity index (χ0v) is 11.9. The topological polar surface area (TPSA) is 38.3 Å². The third kappa shape index (κ3) is 5.00. The van der Waals surface area contributed by atoms with Crippen molar-refractivity contribution in [1.82, 2.24) is 5.32 Å². The fourth-order valence-electron chi connectivity index (χ4n) is 1.55. The summed E-state index contributed by atoms with van der Waals surface area (Å²) in [6.45, 7) is 6.79. The molecule has 0 aliphatic carbocycles. The number of carbonyl (C=O) groups excluding carboxylic acids is 1. The van der Waals surface area contributed by atoms with E-state index in [0.717, 1.165) is 12.2 Å². The van der Waals surface area contributed by atoms with Gasteiger partial charge in [0.15, 0.2) is 0 Å². The van der Waals surface area contributed by atoms with Gasteiger partial charge in [0.25, 0.3) is 0 Å². The van der Waals surface area contributed by atoms with Gasteiger partial charge >= 0.3 is 12.3 Å². The van der Waals surface area contributed by atoms with Crippen molar-refractivity contribution in [3.05, 3.63) is 23.3 Å². The summed E-state index contributed by atoms with van der Waals surface area (Å²) >= 11 is 0. The van der Waals surface area contributed by atoms with Crippen LogP contribution in [0.15, 0.2) is 23.3 Å². The molecule has 1 fully saturated rings. The molecule has 1 N–H and O–H groups in total. The number of rotatable bonds is 2. The van der Waals surface area contributed by atoms with E-state index in [0.29, 0.717) is 0 Å². The maximum absolute atomic E-state index is 12.8. The number of amides is 1. The molecule has 1 aliphatic heterocycles. The molecule has 0 aromatic heterocycles. The highest BCUT2D eigenvalue weighted by atomic mass is 19.4. The highest BCUT2D eigenvalue weighted by Gasteiger charge is 2.40. The van der Waals surface area contributed by atoms with Crippen LogP contribution in [-0.4, -0.2) is 24.9 Å². The van der Waals surface area contributed by atoms with Gasteiger partial charge in [-0.25, -0.2) is 4.79 Å². The summed E-state index contributed by atoms with van der Waals surface area (Å²) in [6.07, 6.45) is -4.13. The summed E-state index contributed by atoms with van der Waals surface area (Å²) in [7, 11) is 0. The number of halogens is 3. The van der Waals surface area contributed by atoms with Gasteiger partial charge < -0.3 is 10.1 Å². The summed E-state index contributed by atoms with van der Waals surface area (Å²) in [5.41, 5.74) is -0.982. The molecule has 1 saturated heterocycles. The van der Waals surface area contributed by atoms with Crippen LogP contribution in [0, 0.1) is 11.8 Å². The average molecular weight is 289 g/mol. The SMILES string of the molecule is CC.CC#C/C=C(\C(=C/C)C(F)(F)F)C1CNC(=O)O1. The standard InChI is InChI=1S/C12H12F3NO2.C2H6/c1-3-5-6-8(9(4-2)12(13,14)15)10-7-16-11(17)18-10;1-2/h4,6,10H,7H2,1-2H3,(H,16,17);1-2H3/b8-6+,9-4+;. The minimum atomic E-state index is -4.51. The first-order chi connectivity index (χ1) is 9.40. The molecule has 20 heavy (non-hydrogen) atoms. The smallest absolute Gasteiger partial charge is 0.416 e. The summed E-state index contributed by atoms with van der Waals surface area (Å²) in [5, 5.41) is 2.31. The van der Waals surface area contributed by atoms with Crippen LogP contribution >= 0.6 is 0 Å². The van der Waals surface area contributed by atoms with Crippen molar-refractivity contribution in [2.45, 2.75) is 40.0 Å². The first-order valence-corrected chi connectivity index (χ1v) is 6.20. The molecule has 1 atom stereocenters. The van der Waals surface area contributed by atoms with Gasteiger partial charge in [-0.3, -0.25) is 0 Å². The predicted octanol–water partition coefficient (Wildman–Crippen LogP) is 3.58. The van der Waals surface area contributed by atoms with Crippen LogP contribution in [0.1, 0.15) is 27.7 Å². The Balaban J connectivity index is 0.00000172. The lowest BCUT2D eigenvalue weighted by Crippen LogP contribution is -2.24. The maximum atomic E-state index is 12.8.